The van der Waals surface area contributed by atoms with E-state index in [-0.39, 0.29) is 11.8 Å². The third kappa shape index (κ3) is 7.27. The lowest BCUT2D eigenvalue weighted by Gasteiger charge is -2.18. The summed E-state index contributed by atoms with van der Waals surface area (Å²) in [4.78, 5) is 13.7. The molecule has 5 heteroatoms. The van der Waals surface area contributed by atoms with Crippen molar-refractivity contribution in [2.45, 2.75) is 19.8 Å². The molecule has 88 valence electrons. The number of nitrogens with zero attached hydrogens (tertiary/aromatic N) is 1. The molecule has 1 amide bonds. The summed E-state index contributed by atoms with van der Waals surface area (Å²) in [6, 6.07) is 0. The second-order valence-corrected chi connectivity index (χ2v) is 4.32. The summed E-state index contributed by atoms with van der Waals surface area (Å²) in [5, 5.41) is 0. The molecular weight excluding hydrogens is 212 g/mol. The van der Waals surface area contributed by atoms with Crippen molar-refractivity contribution in [2.24, 2.45) is 11.7 Å². The fourth-order valence-electron chi connectivity index (χ4n) is 1.20. The van der Waals surface area contributed by atoms with Crippen LogP contribution in [0.1, 0.15) is 19.8 Å². The van der Waals surface area contributed by atoms with Crippen molar-refractivity contribution in [3.8, 4) is 0 Å². The van der Waals surface area contributed by atoms with E-state index in [1.807, 2.05) is 6.92 Å². The van der Waals surface area contributed by atoms with Crippen LogP contribution in [0.25, 0.3) is 0 Å². The van der Waals surface area contributed by atoms with Crippen LogP contribution in [0.5, 0.6) is 0 Å². The highest BCUT2D eigenvalue weighted by Crippen LogP contribution is 2.05. The van der Waals surface area contributed by atoms with E-state index in [1.165, 1.54) is 0 Å². The van der Waals surface area contributed by atoms with Gasteiger partial charge in [0.1, 0.15) is 0 Å². The van der Waals surface area contributed by atoms with Crippen LogP contribution in [-0.4, -0.2) is 43.1 Å². The Balaban J connectivity index is 3.82. The summed E-state index contributed by atoms with van der Waals surface area (Å²) in [5.41, 5.74) is 5.36. The van der Waals surface area contributed by atoms with E-state index in [9.17, 15) is 4.79 Å². The zero-order valence-corrected chi connectivity index (χ0v) is 10.5. The number of amides is 1. The number of nitrogens with two attached hydrogens (primary N) is 1. The number of rotatable bonds is 7. The maximum atomic E-state index is 11.6. The van der Waals surface area contributed by atoms with Gasteiger partial charge < -0.3 is 15.4 Å². The highest BCUT2D eigenvalue weighted by Gasteiger charge is 2.13. The van der Waals surface area contributed by atoms with Crippen molar-refractivity contribution < 1.29 is 9.53 Å². The first kappa shape index (κ1) is 14.3. The fraction of sp³-hybridized carbons (Fsp3) is 0.800. The lowest BCUT2D eigenvalue weighted by Crippen LogP contribution is -2.31. The Labute approximate surface area is 96.8 Å². The van der Waals surface area contributed by atoms with Gasteiger partial charge in [-0.1, -0.05) is 19.1 Å². The molecule has 0 spiro atoms. The van der Waals surface area contributed by atoms with Gasteiger partial charge in [0.15, 0.2) is 0 Å². The van der Waals surface area contributed by atoms with Crippen LogP contribution >= 0.6 is 12.2 Å². The van der Waals surface area contributed by atoms with Gasteiger partial charge >= 0.3 is 0 Å². The zero-order chi connectivity index (χ0) is 11.8. The Morgan fingerprint density at radius 3 is 2.67 bits per heavy atom. The first-order chi connectivity index (χ1) is 6.97. The van der Waals surface area contributed by atoms with Crippen LogP contribution in [0.4, 0.5) is 0 Å². The van der Waals surface area contributed by atoms with Gasteiger partial charge in [0.25, 0.3) is 0 Å². The molecule has 0 fully saturated rings. The molecule has 2 N–H and O–H groups in total. The Hall–Kier alpha value is -0.680. The van der Waals surface area contributed by atoms with Crippen molar-refractivity contribution in [1.29, 1.82) is 0 Å². The van der Waals surface area contributed by atoms with Crippen LogP contribution in [-0.2, 0) is 9.53 Å². The average molecular weight is 232 g/mol. The van der Waals surface area contributed by atoms with Crippen LogP contribution in [0.15, 0.2) is 0 Å². The maximum absolute atomic E-state index is 11.6. The van der Waals surface area contributed by atoms with Crippen molar-refractivity contribution in [1.82, 2.24) is 4.90 Å². The Kier molecular flexibility index (Phi) is 7.25. The van der Waals surface area contributed by atoms with Gasteiger partial charge in [-0.3, -0.25) is 4.79 Å². The van der Waals surface area contributed by atoms with Crippen molar-refractivity contribution in [3.63, 3.8) is 0 Å². The smallest absolute Gasteiger partial charge is 0.222 e. The lowest BCUT2D eigenvalue weighted by molar-refractivity contribution is -0.131. The highest BCUT2D eigenvalue weighted by molar-refractivity contribution is 7.80. The highest BCUT2D eigenvalue weighted by atomic mass is 32.1. The van der Waals surface area contributed by atoms with Crippen molar-refractivity contribution in [2.75, 3.05) is 27.3 Å². The molecule has 0 heterocycles. The predicted octanol–water partition coefficient (Wildman–Crippen LogP) is 0.794. The molecule has 0 aromatic rings. The van der Waals surface area contributed by atoms with Gasteiger partial charge in [-0.25, -0.2) is 0 Å². The molecular formula is C10H20N2O2S. The molecule has 0 rings (SSSR count). The monoisotopic (exact) mass is 232 g/mol. The number of carbonyl (C=O) groups is 1. The number of ether oxygens (including phenoxy) is 1. The number of thiocarbonyl (C=S) groups is 1. The van der Waals surface area contributed by atoms with Crippen molar-refractivity contribution >= 4 is 23.1 Å². The Bertz CT molecular complexity index is 221. The minimum absolute atomic E-state index is 0.107. The lowest BCUT2D eigenvalue weighted by atomic mass is 10.1. The van der Waals surface area contributed by atoms with E-state index in [0.29, 0.717) is 31.0 Å². The van der Waals surface area contributed by atoms with Gasteiger partial charge in [-0.15, -0.1) is 0 Å². The molecule has 1 atom stereocenters. The van der Waals surface area contributed by atoms with Gasteiger partial charge in [-0.05, 0) is 5.92 Å². The molecule has 15 heavy (non-hydrogen) atoms. The normalized spacial score (nSPS) is 12.2. The SMILES string of the molecule is COCC(C)CC(=O)N(C)CCC(N)=S. The molecule has 0 saturated heterocycles. The van der Waals surface area contributed by atoms with Gasteiger partial charge in [-0.2, -0.15) is 0 Å². The standard InChI is InChI=1S/C10H20N2O2S/c1-8(7-14-3)6-10(13)12(2)5-4-9(11)15/h8H,4-7H2,1-3H3,(H2,11,15). The second kappa shape index (κ2) is 7.59. The molecule has 0 aliphatic heterocycles. The average Bonchev–Trinajstić information content (AvgIpc) is 2.14. The minimum atomic E-state index is 0.107. The summed E-state index contributed by atoms with van der Waals surface area (Å²) in [6.45, 7) is 3.19. The van der Waals surface area contributed by atoms with E-state index in [0.717, 1.165) is 0 Å². The van der Waals surface area contributed by atoms with E-state index >= 15 is 0 Å². The van der Waals surface area contributed by atoms with Gasteiger partial charge in [0.2, 0.25) is 5.91 Å². The minimum Gasteiger partial charge on any atom is -0.393 e. The summed E-state index contributed by atoms with van der Waals surface area (Å²) < 4.78 is 4.97. The van der Waals surface area contributed by atoms with Crippen LogP contribution in [0, 0.1) is 5.92 Å². The molecule has 0 saturated carbocycles. The van der Waals surface area contributed by atoms with Crippen LogP contribution < -0.4 is 5.73 Å². The van der Waals surface area contributed by atoms with E-state index in [4.69, 9.17) is 22.7 Å². The van der Waals surface area contributed by atoms with Crippen LogP contribution in [0.2, 0.25) is 0 Å². The predicted molar refractivity (Wildman–Crippen MR) is 64.7 cm³/mol. The van der Waals surface area contributed by atoms with Gasteiger partial charge in [0, 0.05) is 40.2 Å². The topological polar surface area (TPSA) is 55.6 Å². The molecule has 0 aromatic carbocycles. The third-order valence-electron chi connectivity index (χ3n) is 2.09. The molecule has 4 nitrogen and oxygen atoms in total. The number of hydrogen-bond donors (Lipinski definition) is 1. The Morgan fingerprint density at radius 1 is 1.60 bits per heavy atom. The largest absolute Gasteiger partial charge is 0.393 e. The van der Waals surface area contributed by atoms with Crippen LogP contribution in [0.3, 0.4) is 0 Å². The summed E-state index contributed by atoms with van der Waals surface area (Å²) in [5.74, 6) is 0.352. The molecule has 0 aliphatic rings. The first-order valence-corrected chi connectivity index (χ1v) is 5.39. The number of methoxy groups -OCH3 is 1. The third-order valence-corrected chi connectivity index (χ3v) is 2.30. The quantitative estimate of drug-likeness (QED) is 0.660. The van der Waals surface area contributed by atoms with E-state index in [1.54, 1.807) is 19.1 Å². The molecule has 0 radical (unpaired) electrons. The zero-order valence-electron chi connectivity index (χ0n) is 9.66. The molecule has 0 aromatic heterocycles. The van der Waals surface area contributed by atoms with Gasteiger partial charge in [0.05, 0.1) is 4.99 Å². The summed E-state index contributed by atoms with van der Waals surface area (Å²) >= 11 is 4.75. The second-order valence-electron chi connectivity index (χ2n) is 3.80. The van der Waals surface area contributed by atoms with E-state index < -0.39 is 0 Å². The first-order valence-electron chi connectivity index (χ1n) is 4.98. The maximum Gasteiger partial charge on any atom is 0.222 e. The fourth-order valence-corrected chi connectivity index (χ4v) is 1.29. The number of hydrogen-bond acceptors (Lipinski definition) is 3. The Morgan fingerprint density at radius 2 is 2.20 bits per heavy atom. The van der Waals surface area contributed by atoms with Crippen molar-refractivity contribution in [3.05, 3.63) is 0 Å². The summed E-state index contributed by atoms with van der Waals surface area (Å²) in [6.07, 6.45) is 1.08. The molecule has 0 aliphatic carbocycles. The summed E-state index contributed by atoms with van der Waals surface area (Å²) in [7, 11) is 3.40. The molecule has 0 bridgehead atoms. The molecule has 1 unspecified atom stereocenters. The van der Waals surface area contributed by atoms with E-state index in [2.05, 4.69) is 0 Å². The number of carbonyl (C=O) groups excluding carboxylic acids is 1.